The van der Waals surface area contributed by atoms with Crippen LogP contribution in [0.25, 0.3) is 0 Å². The number of ether oxygens (including phenoxy) is 2. The van der Waals surface area contributed by atoms with E-state index in [1.165, 1.54) is 21.1 Å². The molecule has 0 amide bonds. The molecule has 8 nitrogen and oxygen atoms in total. The lowest BCUT2D eigenvalue weighted by molar-refractivity contribution is -0.167. The number of rotatable bonds is 13. The van der Waals surface area contributed by atoms with Gasteiger partial charge in [-0.25, -0.2) is 4.57 Å². The number of allylic oxidation sites excluding steroid dienone is 2. The SMILES string of the molecule is COP(=O)(OC)OCC=C1CC[C@@H](OC(C)=O)[C@](C)(CCCC(C)C(=O)CC=C(C)C)OC1. The van der Waals surface area contributed by atoms with Crippen LogP contribution in [0.1, 0.15) is 73.1 Å². The van der Waals surface area contributed by atoms with Gasteiger partial charge in [0.2, 0.25) is 0 Å². The first kappa shape index (κ1) is 29.7. The Balaban J connectivity index is 2.76. The number of phosphoric ester groups is 1. The van der Waals surface area contributed by atoms with Crippen molar-refractivity contribution in [2.45, 2.75) is 84.8 Å². The number of hydrogen-bond acceptors (Lipinski definition) is 8. The molecule has 1 saturated heterocycles. The average Bonchev–Trinajstić information content (AvgIpc) is 2.91. The maximum Gasteiger partial charge on any atom is 0.474 e. The molecular formula is C24H41O8P. The number of ketones is 1. The minimum absolute atomic E-state index is 0.0352. The lowest BCUT2D eigenvalue weighted by atomic mass is 9.87. The Morgan fingerprint density at radius 1 is 1.24 bits per heavy atom. The normalized spacial score (nSPS) is 23.6. The third kappa shape index (κ3) is 10.7. The summed E-state index contributed by atoms with van der Waals surface area (Å²) in [5, 5.41) is 0. The van der Waals surface area contributed by atoms with Crippen LogP contribution in [0.4, 0.5) is 0 Å². The Bertz CT molecular complexity index is 748. The van der Waals surface area contributed by atoms with Crippen molar-refractivity contribution >= 4 is 19.6 Å². The summed E-state index contributed by atoms with van der Waals surface area (Å²) < 4.78 is 38.6. The molecule has 0 aromatic heterocycles. The van der Waals surface area contributed by atoms with Crippen LogP contribution in [0.2, 0.25) is 0 Å². The van der Waals surface area contributed by atoms with Crippen molar-refractivity contribution in [1.29, 1.82) is 0 Å². The Labute approximate surface area is 198 Å². The topological polar surface area (TPSA) is 97.4 Å². The number of hydrogen-bond donors (Lipinski definition) is 0. The minimum atomic E-state index is -3.55. The molecular weight excluding hydrogens is 447 g/mol. The van der Waals surface area contributed by atoms with Crippen LogP contribution < -0.4 is 0 Å². The van der Waals surface area contributed by atoms with E-state index in [0.29, 0.717) is 32.3 Å². The fraction of sp³-hybridized carbons (Fsp3) is 0.750. The van der Waals surface area contributed by atoms with E-state index >= 15 is 0 Å². The Morgan fingerprint density at radius 2 is 1.91 bits per heavy atom. The average molecular weight is 489 g/mol. The van der Waals surface area contributed by atoms with E-state index in [1.807, 2.05) is 33.8 Å². The summed E-state index contributed by atoms with van der Waals surface area (Å²) in [5.74, 6) is -0.154. The van der Waals surface area contributed by atoms with Gasteiger partial charge in [0.1, 0.15) is 17.5 Å². The van der Waals surface area contributed by atoms with Crippen LogP contribution in [0, 0.1) is 5.92 Å². The zero-order chi connectivity index (χ0) is 25.1. The highest BCUT2D eigenvalue weighted by atomic mass is 31.2. The predicted molar refractivity (Wildman–Crippen MR) is 127 cm³/mol. The summed E-state index contributed by atoms with van der Waals surface area (Å²) >= 11 is 0. The standard InChI is InChI=1S/C24H41O8P/c1-18(2)10-12-22(26)19(3)9-8-15-24(5)23(32-20(4)25)13-11-21(17-30-24)14-16-31-33(27,28-6)29-7/h10,14,19,23H,8-9,11-13,15-17H2,1-7H3/t19?,23-,24+/m1/s1. The predicted octanol–water partition coefficient (Wildman–Crippen LogP) is 5.56. The largest absolute Gasteiger partial charge is 0.474 e. The molecule has 1 fully saturated rings. The van der Waals surface area contributed by atoms with Crippen molar-refractivity contribution in [1.82, 2.24) is 0 Å². The quantitative estimate of drug-likeness (QED) is 0.189. The summed E-state index contributed by atoms with van der Waals surface area (Å²) in [4.78, 5) is 24.0. The lowest BCUT2D eigenvalue weighted by Crippen LogP contribution is -2.43. The van der Waals surface area contributed by atoms with Gasteiger partial charge in [-0.3, -0.25) is 23.2 Å². The molecule has 1 aliphatic heterocycles. The van der Waals surface area contributed by atoms with Crippen molar-refractivity contribution in [2.75, 3.05) is 27.4 Å². The summed E-state index contributed by atoms with van der Waals surface area (Å²) in [6, 6.07) is 0. The highest BCUT2D eigenvalue weighted by Gasteiger charge is 2.39. The molecule has 1 aliphatic rings. The first-order valence-electron chi connectivity index (χ1n) is 11.5. The van der Waals surface area contributed by atoms with Crippen LogP contribution in [0.3, 0.4) is 0 Å². The van der Waals surface area contributed by atoms with Gasteiger partial charge in [0.05, 0.1) is 13.2 Å². The number of carbonyl (C=O) groups is 2. The molecule has 1 rings (SSSR count). The van der Waals surface area contributed by atoms with Gasteiger partial charge in [-0.05, 0) is 58.4 Å². The molecule has 0 aliphatic carbocycles. The van der Waals surface area contributed by atoms with E-state index in [0.717, 1.165) is 24.0 Å². The van der Waals surface area contributed by atoms with E-state index in [2.05, 4.69) is 0 Å². The van der Waals surface area contributed by atoms with Crippen molar-refractivity contribution < 1.29 is 37.2 Å². The Hall–Kier alpha value is -1.31. The number of Topliss-reactive ketones (excluding diaryl/α,β-unsaturated/α-hetero) is 1. The smallest absolute Gasteiger partial charge is 0.459 e. The third-order valence-corrected chi connectivity index (χ3v) is 7.29. The van der Waals surface area contributed by atoms with Crippen LogP contribution >= 0.6 is 7.82 Å². The van der Waals surface area contributed by atoms with Gasteiger partial charge in [-0.2, -0.15) is 0 Å². The second kappa shape index (κ2) is 14.2. The maximum atomic E-state index is 12.3. The van der Waals surface area contributed by atoms with Crippen LogP contribution in [0.15, 0.2) is 23.3 Å². The second-order valence-corrected chi connectivity index (χ2v) is 10.8. The highest BCUT2D eigenvalue weighted by Crippen LogP contribution is 2.47. The van der Waals surface area contributed by atoms with Crippen molar-refractivity contribution in [2.24, 2.45) is 5.92 Å². The molecule has 0 aromatic carbocycles. The number of phosphoric acid groups is 1. The summed E-state index contributed by atoms with van der Waals surface area (Å²) in [5.41, 5.74) is 1.43. The van der Waals surface area contributed by atoms with Crippen LogP contribution in [-0.4, -0.2) is 50.9 Å². The van der Waals surface area contributed by atoms with E-state index < -0.39 is 19.5 Å². The molecule has 0 radical (unpaired) electrons. The van der Waals surface area contributed by atoms with Gasteiger partial charge in [-0.15, -0.1) is 0 Å². The van der Waals surface area contributed by atoms with E-state index in [1.54, 1.807) is 6.08 Å². The van der Waals surface area contributed by atoms with Gasteiger partial charge < -0.3 is 9.47 Å². The summed E-state index contributed by atoms with van der Waals surface area (Å²) in [6.07, 6.45) is 7.26. The monoisotopic (exact) mass is 488 g/mol. The fourth-order valence-corrected chi connectivity index (χ4v) is 4.29. The molecule has 0 spiro atoms. The number of esters is 1. The molecule has 3 atom stereocenters. The van der Waals surface area contributed by atoms with Crippen molar-refractivity contribution in [3.63, 3.8) is 0 Å². The summed E-state index contributed by atoms with van der Waals surface area (Å²) in [6.45, 7) is 9.68. The molecule has 33 heavy (non-hydrogen) atoms. The third-order valence-electron chi connectivity index (χ3n) is 5.93. The molecule has 0 N–H and O–H groups in total. The van der Waals surface area contributed by atoms with Gasteiger partial charge in [0.15, 0.2) is 0 Å². The van der Waals surface area contributed by atoms with Crippen LogP contribution in [0.5, 0.6) is 0 Å². The number of carbonyl (C=O) groups excluding carboxylic acids is 2. The van der Waals surface area contributed by atoms with Crippen LogP contribution in [-0.2, 0) is 37.2 Å². The fourth-order valence-electron chi connectivity index (χ4n) is 3.68. The zero-order valence-corrected chi connectivity index (χ0v) is 22.1. The molecule has 1 heterocycles. The molecule has 0 aromatic rings. The second-order valence-electron chi connectivity index (χ2n) is 8.95. The van der Waals surface area contributed by atoms with Gasteiger partial charge in [0.25, 0.3) is 0 Å². The molecule has 9 heteroatoms. The van der Waals surface area contributed by atoms with E-state index in [9.17, 15) is 14.2 Å². The molecule has 0 bridgehead atoms. The Kier molecular flexibility index (Phi) is 12.8. The van der Waals surface area contributed by atoms with Gasteiger partial charge in [-0.1, -0.05) is 24.6 Å². The molecule has 1 unspecified atom stereocenters. The van der Waals surface area contributed by atoms with Crippen molar-refractivity contribution in [3.8, 4) is 0 Å². The molecule has 0 saturated carbocycles. The maximum absolute atomic E-state index is 12.3. The van der Waals surface area contributed by atoms with Gasteiger partial charge >= 0.3 is 13.8 Å². The first-order valence-corrected chi connectivity index (χ1v) is 12.9. The zero-order valence-electron chi connectivity index (χ0n) is 21.2. The first-order chi connectivity index (χ1) is 15.4. The summed E-state index contributed by atoms with van der Waals surface area (Å²) in [7, 11) is -1.02. The molecule has 190 valence electrons. The van der Waals surface area contributed by atoms with Gasteiger partial charge in [0, 0.05) is 33.5 Å². The van der Waals surface area contributed by atoms with E-state index in [-0.39, 0.29) is 24.3 Å². The minimum Gasteiger partial charge on any atom is -0.459 e. The van der Waals surface area contributed by atoms with Crippen molar-refractivity contribution in [3.05, 3.63) is 23.3 Å². The highest BCUT2D eigenvalue weighted by molar-refractivity contribution is 7.48. The Morgan fingerprint density at radius 3 is 2.48 bits per heavy atom. The van der Waals surface area contributed by atoms with E-state index in [4.69, 9.17) is 23.0 Å². The lowest BCUT2D eigenvalue weighted by Gasteiger charge is -2.35.